The molecular formula is C24H33ClN4O5S3. The zero-order valence-electron chi connectivity index (χ0n) is 21.0. The van der Waals surface area contributed by atoms with Crippen molar-refractivity contribution < 1.29 is 22.7 Å². The van der Waals surface area contributed by atoms with Crippen molar-refractivity contribution in [2.75, 3.05) is 53.5 Å². The van der Waals surface area contributed by atoms with E-state index in [1.54, 1.807) is 25.3 Å². The number of piperidine rings is 1. The minimum atomic E-state index is -3.89. The minimum absolute atomic E-state index is 0.0301. The molecule has 13 heteroatoms. The number of methoxy groups -OCH3 is 1. The van der Waals surface area contributed by atoms with Crippen molar-refractivity contribution in [3.63, 3.8) is 0 Å². The van der Waals surface area contributed by atoms with Gasteiger partial charge in [-0.25, -0.2) is 8.42 Å². The molecule has 37 heavy (non-hydrogen) atoms. The Kier molecular flexibility index (Phi) is 9.65. The Morgan fingerprint density at radius 2 is 1.89 bits per heavy atom. The molecule has 0 aromatic carbocycles. The number of hydrogen-bond acceptors (Lipinski definition) is 8. The van der Waals surface area contributed by atoms with Crippen molar-refractivity contribution >= 4 is 56.1 Å². The number of hydrogen-bond donors (Lipinski definition) is 1. The number of likely N-dealkylation sites (tertiary alicyclic amines) is 2. The molecule has 2 aliphatic heterocycles. The van der Waals surface area contributed by atoms with Crippen LogP contribution in [0.1, 0.15) is 25.7 Å². The molecule has 2 aromatic rings. The number of halogens is 1. The first kappa shape index (κ1) is 28.5. The van der Waals surface area contributed by atoms with E-state index in [2.05, 4.69) is 9.62 Å². The SMILES string of the molecule is COCCN(C)CC1CCCN1C(=O)CN1CCCC(NS(=O)(=O)c2ccc(-c3ccc(Cl)s3)s2)C1=O. The van der Waals surface area contributed by atoms with E-state index >= 15 is 0 Å². The van der Waals surface area contributed by atoms with Gasteiger partial charge in [0.25, 0.3) is 10.0 Å². The maximum Gasteiger partial charge on any atom is 0.250 e. The first-order chi connectivity index (χ1) is 17.7. The second-order valence-electron chi connectivity index (χ2n) is 9.44. The van der Waals surface area contributed by atoms with Crippen molar-refractivity contribution in [2.24, 2.45) is 0 Å². The van der Waals surface area contributed by atoms with Crippen molar-refractivity contribution in [1.29, 1.82) is 0 Å². The summed E-state index contributed by atoms with van der Waals surface area (Å²) < 4.78 is 34.6. The standard InChI is InChI=1S/C24H33ClN4O5S3/c1-27(13-14-34-2)15-17-5-3-12-29(17)22(30)16-28-11-4-6-18(24(28)31)26-37(32,33)23-10-8-20(36-23)19-7-9-21(25)35-19/h7-10,17-18,26H,3-6,11-16H2,1-2H3. The molecule has 0 spiro atoms. The van der Waals surface area contributed by atoms with E-state index in [4.69, 9.17) is 16.3 Å². The quantitative estimate of drug-likeness (QED) is 0.433. The molecule has 0 aliphatic carbocycles. The average Bonchev–Trinajstić information content (AvgIpc) is 3.61. The summed E-state index contributed by atoms with van der Waals surface area (Å²) in [6.07, 6.45) is 2.89. The summed E-state index contributed by atoms with van der Waals surface area (Å²) in [6, 6.07) is 6.13. The summed E-state index contributed by atoms with van der Waals surface area (Å²) >= 11 is 8.53. The predicted octanol–water partition coefficient (Wildman–Crippen LogP) is 2.97. The van der Waals surface area contributed by atoms with Gasteiger partial charge in [0.05, 0.1) is 17.5 Å². The Hall–Kier alpha value is -1.54. The zero-order valence-corrected chi connectivity index (χ0v) is 24.2. The lowest BCUT2D eigenvalue weighted by molar-refractivity contribution is -0.143. The fraction of sp³-hybridized carbons (Fsp3) is 0.583. The van der Waals surface area contributed by atoms with Gasteiger partial charge in [-0.2, -0.15) is 4.72 Å². The van der Waals surface area contributed by atoms with E-state index in [-0.39, 0.29) is 28.6 Å². The zero-order chi connectivity index (χ0) is 26.6. The highest BCUT2D eigenvalue weighted by atomic mass is 35.5. The number of ether oxygens (including phenoxy) is 1. The number of nitrogens with one attached hydrogen (secondary N) is 1. The van der Waals surface area contributed by atoms with Crippen LogP contribution in [0.4, 0.5) is 0 Å². The van der Waals surface area contributed by atoms with E-state index in [0.29, 0.717) is 36.9 Å². The smallest absolute Gasteiger partial charge is 0.250 e. The van der Waals surface area contributed by atoms with Gasteiger partial charge in [0.1, 0.15) is 10.3 Å². The first-order valence-corrected chi connectivity index (χ1v) is 15.8. The Morgan fingerprint density at radius 1 is 1.16 bits per heavy atom. The van der Waals surface area contributed by atoms with Gasteiger partial charge in [0.15, 0.2) is 0 Å². The van der Waals surface area contributed by atoms with E-state index in [1.165, 1.54) is 16.2 Å². The molecule has 1 N–H and O–H groups in total. The fourth-order valence-corrected chi connectivity index (χ4v) is 8.48. The highest BCUT2D eigenvalue weighted by molar-refractivity contribution is 7.91. The molecule has 2 fully saturated rings. The summed E-state index contributed by atoms with van der Waals surface area (Å²) in [6.45, 7) is 3.26. The molecule has 2 amide bonds. The third-order valence-corrected chi connectivity index (χ3v) is 11.2. The molecule has 0 bridgehead atoms. The Morgan fingerprint density at radius 3 is 2.62 bits per heavy atom. The van der Waals surface area contributed by atoms with Crippen molar-refractivity contribution in [3.8, 4) is 9.75 Å². The molecule has 4 rings (SSSR count). The predicted molar refractivity (Wildman–Crippen MR) is 147 cm³/mol. The average molecular weight is 589 g/mol. The van der Waals surface area contributed by atoms with E-state index in [0.717, 1.165) is 47.0 Å². The van der Waals surface area contributed by atoms with Crippen molar-refractivity contribution in [2.45, 2.75) is 42.0 Å². The number of likely N-dealkylation sites (N-methyl/N-ethyl adjacent to an activating group) is 1. The van der Waals surface area contributed by atoms with Crippen LogP contribution in [-0.4, -0.2) is 101 Å². The summed E-state index contributed by atoms with van der Waals surface area (Å²) in [5.74, 6) is -0.435. The minimum Gasteiger partial charge on any atom is -0.383 e. The molecule has 2 aromatic heterocycles. The Bertz CT molecular complexity index is 1200. The van der Waals surface area contributed by atoms with Crippen LogP contribution in [0.15, 0.2) is 28.5 Å². The largest absolute Gasteiger partial charge is 0.383 e. The van der Waals surface area contributed by atoms with Crippen LogP contribution in [0.2, 0.25) is 4.34 Å². The van der Waals surface area contributed by atoms with Gasteiger partial charge < -0.3 is 19.4 Å². The van der Waals surface area contributed by atoms with E-state index in [9.17, 15) is 18.0 Å². The molecule has 2 unspecified atom stereocenters. The maximum absolute atomic E-state index is 13.2. The van der Waals surface area contributed by atoms with Crippen molar-refractivity contribution in [1.82, 2.24) is 19.4 Å². The number of amides is 2. The fourth-order valence-electron chi connectivity index (χ4n) is 4.80. The lowest BCUT2D eigenvalue weighted by atomic mass is 10.1. The van der Waals surface area contributed by atoms with Crippen LogP contribution in [0.5, 0.6) is 0 Å². The Labute approximate surface area is 231 Å². The van der Waals surface area contributed by atoms with Crippen molar-refractivity contribution in [3.05, 3.63) is 28.6 Å². The van der Waals surface area contributed by atoms with Crippen LogP contribution < -0.4 is 4.72 Å². The van der Waals surface area contributed by atoms with Gasteiger partial charge in [0, 0.05) is 49.1 Å². The van der Waals surface area contributed by atoms with Crippen LogP contribution in [0.3, 0.4) is 0 Å². The van der Waals surface area contributed by atoms with Crippen LogP contribution in [0.25, 0.3) is 9.75 Å². The van der Waals surface area contributed by atoms with Gasteiger partial charge in [-0.1, -0.05) is 11.6 Å². The van der Waals surface area contributed by atoms with E-state index in [1.807, 2.05) is 18.0 Å². The van der Waals surface area contributed by atoms with Gasteiger partial charge in [-0.05, 0) is 57.0 Å². The number of sulfonamides is 1. The lowest BCUT2D eigenvalue weighted by Gasteiger charge is -2.34. The first-order valence-electron chi connectivity index (χ1n) is 12.3. The molecule has 0 radical (unpaired) electrons. The highest BCUT2D eigenvalue weighted by Gasteiger charge is 2.36. The molecule has 2 aliphatic rings. The van der Waals surface area contributed by atoms with Gasteiger partial charge in [-0.15, -0.1) is 22.7 Å². The van der Waals surface area contributed by atoms with Crippen LogP contribution >= 0.6 is 34.3 Å². The highest BCUT2D eigenvalue weighted by Crippen LogP contribution is 2.37. The normalized spacial score (nSPS) is 20.8. The molecule has 4 heterocycles. The third kappa shape index (κ3) is 7.11. The monoisotopic (exact) mass is 588 g/mol. The van der Waals surface area contributed by atoms with Gasteiger partial charge in [-0.3, -0.25) is 9.59 Å². The molecule has 0 saturated carbocycles. The number of carbonyl (C=O) groups excluding carboxylic acids is 2. The number of thiophene rings is 2. The lowest BCUT2D eigenvalue weighted by Crippen LogP contribution is -2.55. The molecule has 2 atom stereocenters. The maximum atomic E-state index is 13.2. The summed E-state index contributed by atoms with van der Waals surface area (Å²) in [5.41, 5.74) is 0. The van der Waals surface area contributed by atoms with Crippen LogP contribution in [-0.2, 0) is 24.3 Å². The molecular weight excluding hydrogens is 556 g/mol. The summed E-state index contributed by atoms with van der Waals surface area (Å²) in [7, 11) is -0.210. The van der Waals surface area contributed by atoms with E-state index < -0.39 is 16.1 Å². The third-order valence-electron chi connectivity index (χ3n) is 6.71. The van der Waals surface area contributed by atoms with Gasteiger partial charge in [0.2, 0.25) is 11.8 Å². The number of rotatable bonds is 11. The number of carbonyl (C=O) groups is 2. The second-order valence-corrected chi connectivity index (χ2v) is 14.2. The summed E-state index contributed by atoms with van der Waals surface area (Å²) in [4.78, 5) is 33.6. The molecule has 204 valence electrons. The Balaban J connectivity index is 1.36. The molecule has 9 nitrogen and oxygen atoms in total. The molecule has 2 saturated heterocycles. The summed E-state index contributed by atoms with van der Waals surface area (Å²) in [5, 5.41) is 0. The second kappa shape index (κ2) is 12.5. The number of nitrogens with zero attached hydrogens (tertiary/aromatic N) is 3. The van der Waals surface area contributed by atoms with Crippen LogP contribution in [0, 0.1) is 0 Å². The van der Waals surface area contributed by atoms with Gasteiger partial charge >= 0.3 is 0 Å². The topological polar surface area (TPSA) is 99.3 Å².